The Bertz CT molecular complexity index is 1190. The summed E-state index contributed by atoms with van der Waals surface area (Å²) in [6, 6.07) is 26.8. The maximum atomic E-state index is 13.3. The zero-order chi connectivity index (χ0) is 20.2. The predicted molar refractivity (Wildman–Crippen MR) is 117 cm³/mol. The van der Waals surface area contributed by atoms with E-state index in [9.17, 15) is 9.00 Å². The molecule has 0 aliphatic rings. The lowest BCUT2D eigenvalue weighted by Crippen LogP contribution is -2.25. The highest BCUT2D eigenvalue weighted by molar-refractivity contribution is 7.84. The standard InChI is InChI=1S/C24H20N2O2S/c1-29(28)23-21(24(27)25-16-17-10-4-2-5-11-17)19-14-8-9-15-20(19)26-22(23)18-12-6-3-7-13-18/h2-15H,16H2,1H3,(H,25,27). The molecule has 0 aliphatic heterocycles. The first-order chi connectivity index (χ1) is 14.1. The fraction of sp³-hybridized carbons (Fsp3) is 0.0833. The first kappa shape index (κ1) is 19.0. The van der Waals surface area contributed by atoms with Crippen molar-refractivity contribution in [1.82, 2.24) is 10.3 Å². The predicted octanol–water partition coefficient (Wildman–Crippen LogP) is 4.57. The average molecular weight is 401 g/mol. The SMILES string of the molecule is CS(=O)c1c(-c2ccccc2)nc2ccccc2c1C(=O)NCc1ccccc1. The van der Waals surface area contributed by atoms with Crippen molar-refractivity contribution < 1.29 is 9.00 Å². The Balaban J connectivity index is 1.87. The number of benzene rings is 3. The summed E-state index contributed by atoms with van der Waals surface area (Å²) in [7, 11) is -1.40. The fourth-order valence-electron chi connectivity index (χ4n) is 3.36. The summed E-state index contributed by atoms with van der Waals surface area (Å²) >= 11 is 0. The topological polar surface area (TPSA) is 59.1 Å². The Labute approximate surface area is 172 Å². The molecule has 3 aromatic carbocycles. The van der Waals surface area contributed by atoms with Gasteiger partial charge in [-0.15, -0.1) is 0 Å². The smallest absolute Gasteiger partial charge is 0.253 e. The van der Waals surface area contributed by atoms with Crippen molar-refractivity contribution in [2.75, 3.05) is 6.26 Å². The Morgan fingerprint density at radius 1 is 0.897 bits per heavy atom. The third kappa shape index (κ3) is 3.96. The van der Waals surface area contributed by atoms with Gasteiger partial charge in [0.2, 0.25) is 0 Å². The lowest BCUT2D eigenvalue weighted by atomic mass is 10.0. The lowest BCUT2D eigenvalue weighted by molar-refractivity contribution is 0.0949. The van der Waals surface area contributed by atoms with Crippen molar-refractivity contribution in [2.24, 2.45) is 0 Å². The van der Waals surface area contributed by atoms with Crippen LogP contribution in [0.25, 0.3) is 22.2 Å². The first-order valence-corrected chi connectivity index (χ1v) is 10.8. The summed E-state index contributed by atoms with van der Waals surface area (Å²) in [6.07, 6.45) is 1.59. The highest BCUT2D eigenvalue weighted by Gasteiger charge is 2.23. The number of carbonyl (C=O) groups is 1. The van der Waals surface area contributed by atoms with E-state index < -0.39 is 10.8 Å². The molecular weight excluding hydrogens is 380 g/mol. The Hall–Kier alpha value is -3.31. The number of fused-ring (bicyclic) bond motifs is 1. The molecule has 29 heavy (non-hydrogen) atoms. The molecule has 0 saturated heterocycles. The minimum Gasteiger partial charge on any atom is -0.348 e. The van der Waals surface area contributed by atoms with Crippen LogP contribution in [0.15, 0.2) is 89.8 Å². The van der Waals surface area contributed by atoms with Crippen LogP contribution in [0, 0.1) is 0 Å². The second-order valence-electron chi connectivity index (χ2n) is 6.67. The van der Waals surface area contributed by atoms with Gasteiger partial charge in [-0.05, 0) is 11.6 Å². The largest absolute Gasteiger partial charge is 0.348 e. The number of rotatable bonds is 5. The van der Waals surface area contributed by atoms with Crippen molar-refractivity contribution in [3.8, 4) is 11.3 Å². The van der Waals surface area contributed by atoms with Gasteiger partial charge in [-0.3, -0.25) is 9.00 Å². The number of amides is 1. The maximum Gasteiger partial charge on any atom is 0.253 e. The molecule has 1 unspecified atom stereocenters. The van der Waals surface area contributed by atoms with Crippen molar-refractivity contribution in [3.63, 3.8) is 0 Å². The van der Waals surface area contributed by atoms with Gasteiger partial charge in [0, 0.05) is 23.8 Å². The van der Waals surface area contributed by atoms with Gasteiger partial charge in [0.1, 0.15) is 0 Å². The Morgan fingerprint density at radius 3 is 2.21 bits per heavy atom. The summed E-state index contributed by atoms with van der Waals surface area (Å²) in [5.41, 5.74) is 3.54. The molecule has 1 atom stereocenters. The number of para-hydroxylation sites is 1. The second kappa shape index (κ2) is 8.37. The molecule has 0 aliphatic carbocycles. The van der Waals surface area contributed by atoms with Gasteiger partial charge >= 0.3 is 0 Å². The van der Waals surface area contributed by atoms with Gasteiger partial charge in [-0.1, -0.05) is 78.9 Å². The van der Waals surface area contributed by atoms with Crippen molar-refractivity contribution >= 4 is 27.6 Å². The number of nitrogens with one attached hydrogen (secondary N) is 1. The molecule has 4 rings (SSSR count). The molecule has 0 radical (unpaired) electrons. The van der Waals surface area contributed by atoms with Crippen LogP contribution in [0.3, 0.4) is 0 Å². The van der Waals surface area contributed by atoms with E-state index in [4.69, 9.17) is 4.98 Å². The molecule has 4 nitrogen and oxygen atoms in total. The molecule has 4 aromatic rings. The molecule has 144 valence electrons. The van der Waals surface area contributed by atoms with Gasteiger partial charge in [0.25, 0.3) is 5.91 Å². The number of hydrogen-bond donors (Lipinski definition) is 1. The van der Waals surface area contributed by atoms with E-state index in [2.05, 4.69) is 5.32 Å². The minimum absolute atomic E-state index is 0.255. The van der Waals surface area contributed by atoms with Crippen molar-refractivity contribution in [1.29, 1.82) is 0 Å². The normalized spacial score (nSPS) is 11.9. The van der Waals surface area contributed by atoms with E-state index >= 15 is 0 Å². The van der Waals surface area contributed by atoms with E-state index in [1.165, 1.54) is 0 Å². The van der Waals surface area contributed by atoms with Gasteiger partial charge < -0.3 is 5.32 Å². The highest BCUT2D eigenvalue weighted by atomic mass is 32.2. The van der Waals surface area contributed by atoms with Crippen LogP contribution in [-0.4, -0.2) is 21.4 Å². The first-order valence-electron chi connectivity index (χ1n) is 9.29. The molecular formula is C24H20N2O2S. The van der Waals surface area contributed by atoms with Crippen molar-refractivity contribution in [2.45, 2.75) is 11.4 Å². The number of carbonyl (C=O) groups excluding carboxylic acids is 1. The summed E-state index contributed by atoms with van der Waals surface area (Å²) < 4.78 is 12.8. The zero-order valence-corrected chi connectivity index (χ0v) is 16.8. The molecule has 1 amide bonds. The molecule has 1 aromatic heterocycles. The third-order valence-electron chi connectivity index (χ3n) is 4.71. The van der Waals surface area contributed by atoms with E-state index in [1.54, 1.807) is 6.26 Å². The second-order valence-corrected chi connectivity index (χ2v) is 7.99. The van der Waals surface area contributed by atoms with E-state index in [1.807, 2.05) is 84.9 Å². The molecule has 1 N–H and O–H groups in total. The number of nitrogens with zero attached hydrogens (tertiary/aromatic N) is 1. The van der Waals surface area contributed by atoms with Crippen LogP contribution >= 0.6 is 0 Å². The quantitative estimate of drug-likeness (QED) is 0.534. The van der Waals surface area contributed by atoms with Gasteiger partial charge in [0.15, 0.2) is 0 Å². The van der Waals surface area contributed by atoms with Gasteiger partial charge in [0.05, 0.1) is 32.5 Å². The van der Waals surface area contributed by atoms with Crippen LogP contribution in [0.4, 0.5) is 0 Å². The Morgan fingerprint density at radius 2 is 1.52 bits per heavy atom. The molecule has 1 heterocycles. The summed E-state index contributed by atoms with van der Waals surface area (Å²) in [5, 5.41) is 3.68. The van der Waals surface area contributed by atoms with E-state index in [0.29, 0.717) is 33.6 Å². The Kier molecular flexibility index (Phi) is 5.49. The van der Waals surface area contributed by atoms with Crippen molar-refractivity contribution in [3.05, 3.63) is 96.1 Å². The molecule has 0 bridgehead atoms. The average Bonchev–Trinajstić information content (AvgIpc) is 2.77. The molecule has 5 heteroatoms. The monoisotopic (exact) mass is 400 g/mol. The molecule has 0 fully saturated rings. The summed E-state index contributed by atoms with van der Waals surface area (Å²) in [6.45, 7) is 0.396. The number of aromatic nitrogens is 1. The van der Waals surface area contributed by atoms with Crippen LogP contribution in [0.5, 0.6) is 0 Å². The van der Waals surface area contributed by atoms with Gasteiger partial charge in [-0.2, -0.15) is 0 Å². The van der Waals surface area contributed by atoms with Crippen LogP contribution in [0.1, 0.15) is 15.9 Å². The maximum absolute atomic E-state index is 13.3. The number of hydrogen-bond acceptors (Lipinski definition) is 3. The van der Waals surface area contributed by atoms with Gasteiger partial charge in [-0.25, -0.2) is 4.98 Å². The highest BCUT2D eigenvalue weighted by Crippen LogP contribution is 2.32. The molecule has 0 spiro atoms. The van der Waals surface area contributed by atoms with Crippen LogP contribution in [-0.2, 0) is 17.3 Å². The molecule has 0 saturated carbocycles. The third-order valence-corrected chi connectivity index (χ3v) is 5.68. The lowest BCUT2D eigenvalue weighted by Gasteiger charge is -2.16. The van der Waals surface area contributed by atoms with E-state index in [0.717, 1.165) is 11.1 Å². The van der Waals surface area contributed by atoms with E-state index in [-0.39, 0.29) is 5.91 Å². The summed E-state index contributed by atoms with van der Waals surface area (Å²) in [5.74, 6) is -0.255. The minimum atomic E-state index is -1.40. The summed E-state index contributed by atoms with van der Waals surface area (Å²) in [4.78, 5) is 18.5. The van der Waals surface area contributed by atoms with Crippen LogP contribution < -0.4 is 5.32 Å². The van der Waals surface area contributed by atoms with Crippen LogP contribution in [0.2, 0.25) is 0 Å². The zero-order valence-electron chi connectivity index (χ0n) is 16.0. The number of pyridine rings is 1. The fourth-order valence-corrected chi connectivity index (χ4v) is 4.28.